The largest absolute Gasteiger partial charge is 0.399 e. The van der Waals surface area contributed by atoms with Crippen molar-refractivity contribution in [3.05, 3.63) is 43.5 Å². The molecule has 0 unspecified atom stereocenters. The third-order valence-electron chi connectivity index (χ3n) is 0.800. The van der Waals surface area contributed by atoms with Crippen LogP contribution in [0.3, 0.4) is 0 Å². The molecule has 10 heavy (non-hydrogen) atoms. The zero-order valence-electron chi connectivity index (χ0n) is 5.79. The van der Waals surface area contributed by atoms with Crippen LogP contribution < -0.4 is 5.73 Å². The van der Waals surface area contributed by atoms with E-state index in [1.165, 1.54) is 0 Å². The zero-order chi connectivity index (χ0) is 7.11. The molecule has 0 heterocycles. The lowest BCUT2D eigenvalue weighted by molar-refractivity contribution is 1.69. The minimum atomic E-state index is 0. The standard InChI is InChI=1S/C6H7N.C2H4.ClH/c7-6-4-2-1-3-5-6;1-2;/h1-5H,7H2;1-2H2;1H. The van der Waals surface area contributed by atoms with Gasteiger partial charge >= 0.3 is 0 Å². The monoisotopic (exact) mass is 157 g/mol. The zero-order valence-corrected chi connectivity index (χ0v) is 6.60. The van der Waals surface area contributed by atoms with E-state index in [-0.39, 0.29) is 12.4 Å². The van der Waals surface area contributed by atoms with Crippen LogP contribution in [0.5, 0.6) is 0 Å². The third kappa shape index (κ3) is 5.19. The molecular weight excluding hydrogens is 146 g/mol. The summed E-state index contributed by atoms with van der Waals surface area (Å²) in [7, 11) is 0. The summed E-state index contributed by atoms with van der Waals surface area (Å²) in [5.74, 6) is 0. The molecule has 0 bridgehead atoms. The molecule has 1 aromatic rings. The molecule has 0 radical (unpaired) electrons. The third-order valence-corrected chi connectivity index (χ3v) is 0.800. The van der Waals surface area contributed by atoms with Gasteiger partial charge in [0.05, 0.1) is 0 Å². The van der Waals surface area contributed by atoms with Crippen LogP contribution in [-0.2, 0) is 0 Å². The number of anilines is 1. The molecular formula is C8H12ClN. The van der Waals surface area contributed by atoms with Crippen molar-refractivity contribution in [2.75, 3.05) is 5.73 Å². The summed E-state index contributed by atoms with van der Waals surface area (Å²) in [5, 5.41) is 0. The van der Waals surface area contributed by atoms with Crippen LogP contribution in [-0.4, -0.2) is 0 Å². The first-order chi connectivity index (χ1) is 4.39. The molecule has 0 aliphatic carbocycles. The molecule has 1 nitrogen and oxygen atoms in total. The van der Waals surface area contributed by atoms with Crippen molar-refractivity contribution < 1.29 is 0 Å². The minimum Gasteiger partial charge on any atom is -0.399 e. The molecule has 0 fully saturated rings. The van der Waals surface area contributed by atoms with Gasteiger partial charge in [0.2, 0.25) is 0 Å². The average molecular weight is 158 g/mol. The topological polar surface area (TPSA) is 26.0 Å². The first-order valence-corrected chi connectivity index (χ1v) is 2.70. The Morgan fingerprint density at radius 1 is 1.00 bits per heavy atom. The van der Waals surface area contributed by atoms with Gasteiger partial charge < -0.3 is 5.73 Å². The molecule has 0 aromatic heterocycles. The lowest BCUT2D eigenvalue weighted by Crippen LogP contribution is -1.79. The Morgan fingerprint density at radius 2 is 1.40 bits per heavy atom. The van der Waals surface area contributed by atoms with Crippen LogP contribution >= 0.6 is 12.4 Å². The van der Waals surface area contributed by atoms with Crippen molar-refractivity contribution in [3.8, 4) is 0 Å². The van der Waals surface area contributed by atoms with Gasteiger partial charge in [-0.1, -0.05) is 18.2 Å². The molecule has 0 amide bonds. The molecule has 2 N–H and O–H groups in total. The van der Waals surface area contributed by atoms with Crippen LogP contribution in [0.1, 0.15) is 0 Å². The molecule has 56 valence electrons. The average Bonchev–Trinajstić information content (AvgIpc) is 1.94. The highest BCUT2D eigenvalue weighted by atomic mass is 35.5. The second-order valence-corrected chi connectivity index (χ2v) is 1.41. The number of halogens is 1. The fraction of sp³-hybridized carbons (Fsp3) is 0. The Bertz CT molecular complexity index is 151. The van der Waals surface area contributed by atoms with Gasteiger partial charge in [0, 0.05) is 5.69 Å². The van der Waals surface area contributed by atoms with Crippen molar-refractivity contribution in [1.82, 2.24) is 0 Å². The maximum atomic E-state index is 5.36. The number of nitrogen functional groups attached to an aromatic ring is 1. The fourth-order valence-corrected chi connectivity index (χ4v) is 0.453. The van der Waals surface area contributed by atoms with E-state index < -0.39 is 0 Å². The molecule has 0 aliphatic rings. The normalized spacial score (nSPS) is 6.40. The Morgan fingerprint density at radius 3 is 1.60 bits per heavy atom. The van der Waals surface area contributed by atoms with Gasteiger partial charge in [-0.25, -0.2) is 0 Å². The van der Waals surface area contributed by atoms with Gasteiger partial charge in [-0.2, -0.15) is 0 Å². The van der Waals surface area contributed by atoms with Crippen LogP contribution in [0.15, 0.2) is 43.5 Å². The fourth-order valence-electron chi connectivity index (χ4n) is 0.453. The van der Waals surface area contributed by atoms with Gasteiger partial charge in [-0.3, -0.25) is 0 Å². The van der Waals surface area contributed by atoms with E-state index in [0.717, 1.165) is 5.69 Å². The number of nitrogens with two attached hydrogens (primary N) is 1. The number of hydrogen-bond donors (Lipinski definition) is 1. The summed E-state index contributed by atoms with van der Waals surface area (Å²) in [6.07, 6.45) is 0. The maximum Gasteiger partial charge on any atom is 0.0313 e. The molecule has 2 heteroatoms. The number of benzene rings is 1. The smallest absolute Gasteiger partial charge is 0.0313 e. The highest BCUT2D eigenvalue weighted by Gasteiger charge is 1.72. The van der Waals surface area contributed by atoms with Gasteiger partial charge in [0.15, 0.2) is 0 Å². The SMILES string of the molecule is C=C.Cl.Nc1ccccc1. The van der Waals surface area contributed by atoms with E-state index in [9.17, 15) is 0 Å². The van der Waals surface area contributed by atoms with Gasteiger partial charge in [0.25, 0.3) is 0 Å². The molecule has 1 aromatic carbocycles. The Kier molecular flexibility index (Phi) is 9.50. The summed E-state index contributed by atoms with van der Waals surface area (Å²) in [5.41, 5.74) is 6.18. The maximum absolute atomic E-state index is 5.36. The van der Waals surface area contributed by atoms with Crippen molar-refractivity contribution in [2.45, 2.75) is 0 Å². The molecule has 0 spiro atoms. The predicted octanol–water partition coefficient (Wildman–Crippen LogP) is 2.49. The molecule has 0 saturated carbocycles. The second-order valence-electron chi connectivity index (χ2n) is 1.41. The Balaban J connectivity index is 0. The van der Waals surface area contributed by atoms with Gasteiger partial charge in [-0.15, -0.1) is 25.6 Å². The predicted molar refractivity (Wildman–Crippen MR) is 49.4 cm³/mol. The number of para-hydroxylation sites is 1. The van der Waals surface area contributed by atoms with E-state index >= 15 is 0 Å². The van der Waals surface area contributed by atoms with Crippen molar-refractivity contribution in [3.63, 3.8) is 0 Å². The van der Waals surface area contributed by atoms with E-state index in [1.54, 1.807) is 0 Å². The Hall–Kier alpha value is -0.950. The van der Waals surface area contributed by atoms with Gasteiger partial charge in [-0.05, 0) is 12.1 Å². The first-order valence-electron chi connectivity index (χ1n) is 2.70. The van der Waals surface area contributed by atoms with E-state index in [2.05, 4.69) is 13.2 Å². The van der Waals surface area contributed by atoms with E-state index in [0.29, 0.717) is 0 Å². The molecule has 1 rings (SSSR count). The first kappa shape index (κ1) is 11.8. The van der Waals surface area contributed by atoms with E-state index in [1.807, 2.05) is 30.3 Å². The van der Waals surface area contributed by atoms with Crippen LogP contribution in [0.2, 0.25) is 0 Å². The van der Waals surface area contributed by atoms with Crippen molar-refractivity contribution in [2.24, 2.45) is 0 Å². The highest BCUT2D eigenvalue weighted by Crippen LogP contribution is 1.95. The van der Waals surface area contributed by atoms with E-state index in [4.69, 9.17) is 5.73 Å². The van der Waals surface area contributed by atoms with Gasteiger partial charge in [0.1, 0.15) is 0 Å². The van der Waals surface area contributed by atoms with Crippen LogP contribution in [0, 0.1) is 0 Å². The molecule has 0 atom stereocenters. The quantitative estimate of drug-likeness (QED) is 0.455. The highest BCUT2D eigenvalue weighted by molar-refractivity contribution is 5.85. The number of hydrogen-bond acceptors (Lipinski definition) is 1. The second kappa shape index (κ2) is 8.05. The molecule has 0 aliphatic heterocycles. The summed E-state index contributed by atoms with van der Waals surface area (Å²) < 4.78 is 0. The summed E-state index contributed by atoms with van der Waals surface area (Å²) in [6, 6.07) is 9.49. The summed E-state index contributed by atoms with van der Waals surface area (Å²) in [6.45, 7) is 6.00. The summed E-state index contributed by atoms with van der Waals surface area (Å²) >= 11 is 0. The Labute approximate surface area is 68.0 Å². The van der Waals surface area contributed by atoms with Crippen LogP contribution in [0.4, 0.5) is 5.69 Å². The van der Waals surface area contributed by atoms with Crippen molar-refractivity contribution in [1.29, 1.82) is 0 Å². The minimum absolute atomic E-state index is 0. The lowest BCUT2D eigenvalue weighted by atomic mass is 10.3. The molecule has 0 saturated heterocycles. The van der Waals surface area contributed by atoms with Crippen molar-refractivity contribution >= 4 is 18.1 Å². The van der Waals surface area contributed by atoms with Crippen LogP contribution in [0.25, 0.3) is 0 Å². The number of rotatable bonds is 0. The lowest BCUT2D eigenvalue weighted by Gasteiger charge is -1.83. The summed E-state index contributed by atoms with van der Waals surface area (Å²) in [4.78, 5) is 0.